The summed E-state index contributed by atoms with van der Waals surface area (Å²) < 4.78 is 24.4. The Balaban J connectivity index is 1.86. The third-order valence-corrected chi connectivity index (χ3v) is 4.54. The minimum atomic E-state index is -0.544. The summed E-state index contributed by atoms with van der Waals surface area (Å²) in [6, 6.07) is 20.7. The van der Waals surface area contributed by atoms with Crippen LogP contribution in [0, 0.1) is 5.82 Å². The first kappa shape index (κ1) is 19.4. The second kappa shape index (κ2) is 9.04. The van der Waals surface area contributed by atoms with E-state index in [1.165, 1.54) is 12.1 Å². The van der Waals surface area contributed by atoms with Crippen LogP contribution in [0.1, 0.15) is 27.5 Å². The number of hydrogen-bond acceptors (Lipinski definition) is 3. The average Bonchev–Trinajstić information content (AvgIpc) is 2.74. The van der Waals surface area contributed by atoms with E-state index >= 15 is 0 Å². The lowest BCUT2D eigenvalue weighted by molar-refractivity contribution is 0.0932. The van der Waals surface area contributed by atoms with Crippen LogP contribution >= 0.6 is 0 Å². The van der Waals surface area contributed by atoms with Gasteiger partial charge in [0.1, 0.15) is 17.3 Å². The Hall–Kier alpha value is -3.34. The van der Waals surface area contributed by atoms with E-state index in [1.54, 1.807) is 26.4 Å². The summed E-state index contributed by atoms with van der Waals surface area (Å²) >= 11 is 0. The molecule has 0 saturated carbocycles. The average molecular weight is 379 g/mol. The van der Waals surface area contributed by atoms with E-state index in [-0.39, 0.29) is 11.6 Å². The van der Waals surface area contributed by atoms with Gasteiger partial charge in [-0.3, -0.25) is 4.79 Å². The fraction of sp³-hybridized carbons (Fsp3) is 0.174. The number of carbonyl (C=O) groups excluding carboxylic acids is 1. The quantitative estimate of drug-likeness (QED) is 0.655. The van der Waals surface area contributed by atoms with Gasteiger partial charge in [0.2, 0.25) is 0 Å². The highest BCUT2D eigenvalue weighted by Gasteiger charge is 2.19. The molecule has 0 aliphatic carbocycles. The Kier molecular flexibility index (Phi) is 6.27. The molecule has 0 aliphatic heterocycles. The van der Waals surface area contributed by atoms with Gasteiger partial charge < -0.3 is 14.8 Å². The normalized spacial score (nSPS) is 11.5. The first-order valence-electron chi connectivity index (χ1n) is 8.93. The maximum absolute atomic E-state index is 14.0. The Bertz CT molecular complexity index is 923. The van der Waals surface area contributed by atoms with Crippen molar-refractivity contribution in [3.05, 3.63) is 95.3 Å². The molecule has 0 fully saturated rings. The van der Waals surface area contributed by atoms with Gasteiger partial charge in [0.25, 0.3) is 5.91 Å². The maximum atomic E-state index is 14.0. The molecule has 1 amide bonds. The summed E-state index contributed by atoms with van der Waals surface area (Å²) in [4.78, 5) is 12.7. The Morgan fingerprint density at radius 2 is 1.46 bits per heavy atom. The SMILES string of the molecule is COc1ccc(CC(NC(=O)c2ccccc2F)c2ccc(OC)cc2)cc1. The molecule has 1 N–H and O–H groups in total. The fourth-order valence-corrected chi connectivity index (χ4v) is 2.97. The van der Waals surface area contributed by atoms with Crippen LogP contribution < -0.4 is 14.8 Å². The zero-order valence-corrected chi connectivity index (χ0v) is 15.8. The molecule has 3 aromatic carbocycles. The highest BCUT2D eigenvalue weighted by atomic mass is 19.1. The number of rotatable bonds is 7. The number of ether oxygens (including phenoxy) is 2. The molecular formula is C23H22FNO3. The zero-order chi connectivity index (χ0) is 19.9. The van der Waals surface area contributed by atoms with Gasteiger partial charge in [-0.2, -0.15) is 0 Å². The third-order valence-electron chi connectivity index (χ3n) is 4.54. The van der Waals surface area contributed by atoms with Crippen molar-refractivity contribution in [1.82, 2.24) is 5.32 Å². The van der Waals surface area contributed by atoms with Crippen molar-refractivity contribution in [2.75, 3.05) is 14.2 Å². The van der Waals surface area contributed by atoms with E-state index < -0.39 is 11.7 Å². The zero-order valence-electron chi connectivity index (χ0n) is 15.8. The second-order valence-corrected chi connectivity index (χ2v) is 6.33. The van der Waals surface area contributed by atoms with Crippen molar-refractivity contribution < 1.29 is 18.7 Å². The lowest BCUT2D eigenvalue weighted by Gasteiger charge is -2.20. The van der Waals surface area contributed by atoms with E-state index in [4.69, 9.17) is 9.47 Å². The molecule has 0 aromatic heterocycles. The predicted molar refractivity (Wildman–Crippen MR) is 106 cm³/mol. The number of nitrogens with one attached hydrogen (secondary N) is 1. The molecule has 4 nitrogen and oxygen atoms in total. The van der Waals surface area contributed by atoms with Crippen LogP contribution in [0.15, 0.2) is 72.8 Å². The molecule has 1 unspecified atom stereocenters. The van der Waals surface area contributed by atoms with E-state index in [0.29, 0.717) is 6.42 Å². The van der Waals surface area contributed by atoms with Crippen LogP contribution in [0.2, 0.25) is 0 Å². The molecule has 1 atom stereocenters. The maximum Gasteiger partial charge on any atom is 0.254 e. The van der Waals surface area contributed by atoms with Crippen LogP contribution in [0.4, 0.5) is 4.39 Å². The van der Waals surface area contributed by atoms with Gasteiger partial charge in [-0.05, 0) is 53.9 Å². The standard InChI is InChI=1S/C23H22FNO3/c1-27-18-11-7-16(8-12-18)15-22(17-9-13-19(28-2)14-10-17)25-23(26)20-5-3-4-6-21(20)24/h3-14,22H,15H2,1-2H3,(H,25,26). The highest BCUT2D eigenvalue weighted by Crippen LogP contribution is 2.23. The van der Waals surface area contributed by atoms with Gasteiger partial charge in [-0.15, -0.1) is 0 Å². The molecule has 3 rings (SSSR count). The van der Waals surface area contributed by atoms with Gasteiger partial charge in [-0.1, -0.05) is 36.4 Å². The molecule has 3 aromatic rings. The smallest absolute Gasteiger partial charge is 0.254 e. The fourth-order valence-electron chi connectivity index (χ4n) is 2.97. The van der Waals surface area contributed by atoms with Crippen LogP contribution in [-0.2, 0) is 6.42 Å². The van der Waals surface area contributed by atoms with Crippen LogP contribution in [0.3, 0.4) is 0 Å². The topological polar surface area (TPSA) is 47.6 Å². The molecule has 144 valence electrons. The summed E-state index contributed by atoms with van der Waals surface area (Å²) in [5.41, 5.74) is 1.95. The summed E-state index contributed by atoms with van der Waals surface area (Å²) in [5, 5.41) is 2.95. The summed E-state index contributed by atoms with van der Waals surface area (Å²) in [6.07, 6.45) is 0.552. The van der Waals surface area contributed by atoms with Crippen molar-refractivity contribution >= 4 is 5.91 Å². The van der Waals surface area contributed by atoms with Crippen molar-refractivity contribution in [3.8, 4) is 11.5 Å². The van der Waals surface area contributed by atoms with Gasteiger partial charge in [0.15, 0.2) is 0 Å². The lowest BCUT2D eigenvalue weighted by atomic mass is 9.98. The molecule has 0 heterocycles. The number of hydrogen-bond donors (Lipinski definition) is 1. The van der Waals surface area contributed by atoms with Gasteiger partial charge in [0.05, 0.1) is 25.8 Å². The Labute approximate surface area is 163 Å². The molecule has 0 spiro atoms. The summed E-state index contributed by atoms with van der Waals surface area (Å²) in [5.74, 6) is 0.498. The first-order chi connectivity index (χ1) is 13.6. The van der Waals surface area contributed by atoms with Crippen LogP contribution in [-0.4, -0.2) is 20.1 Å². The van der Waals surface area contributed by atoms with Gasteiger partial charge in [-0.25, -0.2) is 4.39 Å². The number of benzene rings is 3. The predicted octanol–water partition coefficient (Wildman–Crippen LogP) is 4.56. The van der Waals surface area contributed by atoms with Crippen molar-refractivity contribution in [1.29, 1.82) is 0 Å². The van der Waals surface area contributed by atoms with Crippen molar-refractivity contribution in [3.63, 3.8) is 0 Å². The molecule has 0 aliphatic rings. The van der Waals surface area contributed by atoms with E-state index in [2.05, 4.69) is 5.32 Å². The Morgan fingerprint density at radius 1 is 0.893 bits per heavy atom. The molecule has 0 radical (unpaired) electrons. The summed E-state index contributed by atoms with van der Waals surface area (Å²) in [7, 11) is 3.22. The van der Waals surface area contributed by atoms with Gasteiger partial charge >= 0.3 is 0 Å². The van der Waals surface area contributed by atoms with Crippen LogP contribution in [0.5, 0.6) is 11.5 Å². The van der Waals surface area contributed by atoms with Gasteiger partial charge in [0, 0.05) is 0 Å². The number of amides is 1. The second-order valence-electron chi connectivity index (χ2n) is 6.33. The number of halogens is 1. The molecule has 0 bridgehead atoms. The highest BCUT2D eigenvalue weighted by molar-refractivity contribution is 5.94. The minimum Gasteiger partial charge on any atom is -0.497 e. The molecule has 28 heavy (non-hydrogen) atoms. The van der Waals surface area contributed by atoms with E-state index in [9.17, 15) is 9.18 Å². The van der Waals surface area contributed by atoms with Crippen molar-refractivity contribution in [2.45, 2.75) is 12.5 Å². The van der Waals surface area contributed by atoms with Crippen molar-refractivity contribution in [2.24, 2.45) is 0 Å². The van der Waals surface area contributed by atoms with Crippen LogP contribution in [0.25, 0.3) is 0 Å². The van der Waals surface area contributed by atoms with E-state index in [1.807, 2.05) is 48.5 Å². The third kappa shape index (κ3) is 4.68. The van der Waals surface area contributed by atoms with E-state index in [0.717, 1.165) is 22.6 Å². The monoisotopic (exact) mass is 379 g/mol. The molecular weight excluding hydrogens is 357 g/mol. The number of carbonyl (C=O) groups is 1. The first-order valence-corrected chi connectivity index (χ1v) is 8.93. The largest absolute Gasteiger partial charge is 0.497 e. The summed E-state index contributed by atoms with van der Waals surface area (Å²) in [6.45, 7) is 0. The molecule has 5 heteroatoms. The number of methoxy groups -OCH3 is 2. The molecule has 0 saturated heterocycles. The lowest BCUT2D eigenvalue weighted by Crippen LogP contribution is -2.30. The minimum absolute atomic E-state index is 0.0238. The Morgan fingerprint density at radius 3 is 2.04 bits per heavy atom.